The number of hydrogen-bond acceptors (Lipinski definition) is 4. The number of fused-ring (bicyclic) bond motifs is 1. The van der Waals surface area contributed by atoms with E-state index in [2.05, 4.69) is 21.2 Å². The standard InChI is InChI=1S/C23H27FN4O2/c1-17(23(30)28-11-10-18-4-2-3-5-21(18)28)27-14-12-26(13-15-27)16-22(29)25-20-8-6-19(24)7-9-20/h2-9,17H,10-16H2,1H3,(H,25,29)/t17-/m1/s1. The minimum Gasteiger partial charge on any atom is -0.325 e. The largest absolute Gasteiger partial charge is 0.325 e. The third-order valence-corrected chi connectivity index (χ3v) is 5.96. The molecule has 2 aromatic carbocycles. The van der Waals surface area contributed by atoms with E-state index in [1.165, 1.54) is 17.7 Å². The van der Waals surface area contributed by atoms with E-state index in [-0.39, 0.29) is 30.2 Å². The lowest BCUT2D eigenvalue weighted by molar-refractivity contribution is -0.124. The zero-order valence-electron chi connectivity index (χ0n) is 17.2. The van der Waals surface area contributed by atoms with Crippen molar-refractivity contribution in [2.24, 2.45) is 0 Å². The Bertz CT molecular complexity index is 910. The van der Waals surface area contributed by atoms with Crippen LogP contribution in [-0.2, 0) is 16.0 Å². The number of anilines is 2. The number of hydrogen-bond donors (Lipinski definition) is 1. The predicted molar refractivity (Wildman–Crippen MR) is 115 cm³/mol. The van der Waals surface area contributed by atoms with Crippen LogP contribution < -0.4 is 10.2 Å². The molecule has 2 amide bonds. The van der Waals surface area contributed by atoms with E-state index in [0.717, 1.165) is 44.8 Å². The molecule has 1 saturated heterocycles. The van der Waals surface area contributed by atoms with E-state index in [9.17, 15) is 14.0 Å². The van der Waals surface area contributed by atoms with Gasteiger partial charge in [-0.1, -0.05) is 18.2 Å². The third kappa shape index (κ3) is 4.52. The van der Waals surface area contributed by atoms with Gasteiger partial charge in [0.15, 0.2) is 0 Å². The number of amides is 2. The first kappa shape index (κ1) is 20.5. The van der Waals surface area contributed by atoms with Crippen LogP contribution in [0.1, 0.15) is 12.5 Å². The Hall–Kier alpha value is -2.77. The van der Waals surface area contributed by atoms with Crippen molar-refractivity contribution in [3.05, 3.63) is 59.9 Å². The number of carbonyl (C=O) groups excluding carboxylic acids is 2. The fourth-order valence-corrected chi connectivity index (χ4v) is 4.19. The third-order valence-electron chi connectivity index (χ3n) is 5.96. The molecule has 0 aromatic heterocycles. The predicted octanol–water partition coefficient (Wildman–Crippen LogP) is 2.36. The van der Waals surface area contributed by atoms with Gasteiger partial charge in [0, 0.05) is 44.1 Å². The van der Waals surface area contributed by atoms with E-state index in [1.807, 2.05) is 30.0 Å². The highest BCUT2D eigenvalue weighted by Crippen LogP contribution is 2.28. The van der Waals surface area contributed by atoms with Gasteiger partial charge in [-0.3, -0.25) is 19.4 Å². The van der Waals surface area contributed by atoms with Crippen LogP contribution in [0.15, 0.2) is 48.5 Å². The Morgan fingerprint density at radius 2 is 1.70 bits per heavy atom. The van der Waals surface area contributed by atoms with Crippen LogP contribution >= 0.6 is 0 Å². The molecule has 7 heteroatoms. The van der Waals surface area contributed by atoms with Gasteiger partial charge in [0.1, 0.15) is 5.82 Å². The minimum absolute atomic E-state index is 0.118. The summed E-state index contributed by atoms with van der Waals surface area (Å²) in [5.41, 5.74) is 2.85. The summed E-state index contributed by atoms with van der Waals surface area (Å²) >= 11 is 0. The van der Waals surface area contributed by atoms with Crippen molar-refractivity contribution >= 4 is 23.2 Å². The average Bonchev–Trinajstić information content (AvgIpc) is 3.19. The molecule has 1 N–H and O–H groups in total. The fourth-order valence-electron chi connectivity index (χ4n) is 4.19. The number of piperazine rings is 1. The van der Waals surface area contributed by atoms with Crippen molar-refractivity contribution in [3.8, 4) is 0 Å². The van der Waals surface area contributed by atoms with E-state index < -0.39 is 0 Å². The van der Waals surface area contributed by atoms with Crippen LogP contribution in [-0.4, -0.2) is 66.9 Å². The Kier molecular flexibility index (Phi) is 6.11. The summed E-state index contributed by atoms with van der Waals surface area (Å²) in [5, 5.41) is 2.79. The second kappa shape index (κ2) is 8.93. The highest BCUT2D eigenvalue weighted by molar-refractivity contribution is 5.98. The summed E-state index contributed by atoms with van der Waals surface area (Å²) in [6, 6.07) is 13.7. The molecule has 0 radical (unpaired) electrons. The first-order chi connectivity index (χ1) is 14.5. The molecule has 2 aromatic rings. The number of nitrogens with one attached hydrogen (secondary N) is 1. The van der Waals surface area contributed by atoms with Crippen molar-refractivity contribution in [2.75, 3.05) is 49.5 Å². The Morgan fingerprint density at radius 1 is 1.00 bits per heavy atom. The van der Waals surface area contributed by atoms with Gasteiger partial charge in [-0.15, -0.1) is 0 Å². The maximum Gasteiger partial charge on any atom is 0.244 e. The van der Waals surface area contributed by atoms with Crippen molar-refractivity contribution in [1.82, 2.24) is 9.80 Å². The van der Waals surface area contributed by atoms with Crippen LogP contribution in [0.4, 0.5) is 15.8 Å². The van der Waals surface area contributed by atoms with Crippen LogP contribution in [0.25, 0.3) is 0 Å². The van der Waals surface area contributed by atoms with Crippen LogP contribution in [0.3, 0.4) is 0 Å². The second-order valence-corrected chi connectivity index (χ2v) is 7.91. The first-order valence-corrected chi connectivity index (χ1v) is 10.4. The number of benzene rings is 2. The molecule has 0 bridgehead atoms. The molecule has 6 nitrogen and oxygen atoms in total. The molecule has 2 heterocycles. The first-order valence-electron chi connectivity index (χ1n) is 10.4. The van der Waals surface area contributed by atoms with Crippen molar-refractivity contribution in [3.63, 3.8) is 0 Å². The molecule has 0 aliphatic carbocycles. The minimum atomic E-state index is -0.329. The lowest BCUT2D eigenvalue weighted by Crippen LogP contribution is -2.55. The number of para-hydroxylation sites is 1. The van der Waals surface area contributed by atoms with Gasteiger partial charge in [0.2, 0.25) is 11.8 Å². The van der Waals surface area contributed by atoms with Gasteiger partial charge in [-0.2, -0.15) is 0 Å². The topological polar surface area (TPSA) is 55.9 Å². The number of carbonyl (C=O) groups is 2. The zero-order valence-corrected chi connectivity index (χ0v) is 17.2. The van der Waals surface area contributed by atoms with E-state index in [4.69, 9.17) is 0 Å². The summed E-state index contributed by atoms with van der Waals surface area (Å²) in [6.07, 6.45) is 0.908. The van der Waals surface area contributed by atoms with Gasteiger partial charge in [-0.25, -0.2) is 4.39 Å². The molecule has 0 saturated carbocycles. The maximum absolute atomic E-state index is 13.1. The Labute approximate surface area is 176 Å². The molecular formula is C23H27FN4O2. The SMILES string of the molecule is C[C@H](C(=O)N1CCc2ccccc21)N1CCN(CC(=O)Nc2ccc(F)cc2)CC1. The van der Waals surface area contributed by atoms with Gasteiger partial charge in [-0.05, 0) is 49.2 Å². The van der Waals surface area contributed by atoms with Crippen LogP contribution in [0, 0.1) is 5.82 Å². The monoisotopic (exact) mass is 410 g/mol. The lowest BCUT2D eigenvalue weighted by Gasteiger charge is -2.38. The molecular weight excluding hydrogens is 383 g/mol. The van der Waals surface area contributed by atoms with Gasteiger partial charge >= 0.3 is 0 Å². The van der Waals surface area contributed by atoms with Crippen molar-refractivity contribution < 1.29 is 14.0 Å². The fraction of sp³-hybridized carbons (Fsp3) is 0.391. The Balaban J connectivity index is 1.26. The second-order valence-electron chi connectivity index (χ2n) is 7.91. The van der Waals surface area contributed by atoms with E-state index >= 15 is 0 Å². The molecule has 1 fully saturated rings. The van der Waals surface area contributed by atoms with E-state index in [1.54, 1.807) is 12.1 Å². The highest BCUT2D eigenvalue weighted by atomic mass is 19.1. The lowest BCUT2D eigenvalue weighted by atomic mass is 10.1. The van der Waals surface area contributed by atoms with Crippen molar-refractivity contribution in [1.29, 1.82) is 0 Å². The molecule has 158 valence electrons. The summed E-state index contributed by atoms with van der Waals surface area (Å²) in [4.78, 5) is 31.5. The molecule has 0 spiro atoms. The molecule has 0 unspecified atom stereocenters. The zero-order chi connectivity index (χ0) is 21.1. The molecule has 2 aliphatic heterocycles. The molecule has 1 atom stereocenters. The quantitative estimate of drug-likeness (QED) is 0.822. The molecule has 4 rings (SSSR count). The summed E-state index contributed by atoms with van der Waals surface area (Å²) < 4.78 is 13.0. The maximum atomic E-state index is 13.1. The van der Waals surface area contributed by atoms with Crippen LogP contribution in [0.2, 0.25) is 0 Å². The van der Waals surface area contributed by atoms with Crippen LogP contribution in [0.5, 0.6) is 0 Å². The smallest absolute Gasteiger partial charge is 0.244 e. The normalized spacial score (nSPS) is 18.1. The molecule has 2 aliphatic rings. The summed E-state index contributed by atoms with van der Waals surface area (Å²) in [5.74, 6) is -0.305. The average molecular weight is 410 g/mol. The van der Waals surface area contributed by atoms with Crippen molar-refractivity contribution in [2.45, 2.75) is 19.4 Å². The number of halogens is 1. The van der Waals surface area contributed by atoms with Gasteiger partial charge in [0.25, 0.3) is 0 Å². The number of rotatable bonds is 5. The van der Waals surface area contributed by atoms with E-state index in [0.29, 0.717) is 5.69 Å². The summed E-state index contributed by atoms with van der Waals surface area (Å²) in [6.45, 7) is 5.94. The van der Waals surface area contributed by atoms with Gasteiger partial charge < -0.3 is 10.2 Å². The number of nitrogens with zero attached hydrogens (tertiary/aromatic N) is 3. The Morgan fingerprint density at radius 3 is 2.43 bits per heavy atom. The molecule has 30 heavy (non-hydrogen) atoms. The highest BCUT2D eigenvalue weighted by Gasteiger charge is 2.32. The van der Waals surface area contributed by atoms with Gasteiger partial charge in [0.05, 0.1) is 12.6 Å². The summed E-state index contributed by atoms with van der Waals surface area (Å²) in [7, 11) is 0.